The van der Waals surface area contributed by atoms with Crippen molar-refractivity contribution in [3.63, 3.8) is 0 Å². The zero-order valence-electron chi connectivity index (χ0n) is 10.4. The molecule has 100 valence electrons. The first-order chi connectivity index (χ1) is 9.60. The summed E-state index contributed by atoms with van der Waals surface area (Å²) in [5, 5.41) is 12.0. The number of amides is 1. The summed E-state index contributed by atoms with van der Waals surface area (Å²) in [4.78, 5) is 12.0. The van der Waals surface area contributed by atoms with Crippen LogP contribution < -0.4 is 5.32 Å². The van der Waals surface area contributed by atoms with E-state index >= 15 is 0 Å². The van der Waals surface area contributed by atoms with Gasteiger partial charge in [-0.15, -0.1) is 0 Å². The average molecular weight is 350 g/mol. The van der Waals surface area contributed by atoms with Crippen LogP contribution in [0.3, 0.4) is 0 Å². The van der Waals surface area contributed by atoms with Crippen LogP contribution in [0.1, 0.15) is 21.5 Å². The molecule has 3 nitrogen and oxygen atoms in total. The first-order valence-corrected chi connectivity index (χ1v) is 6.99. The second-order valence-corrected chi connectivity index (χ2v) is 5.38. The largest absolute Gasteiger partial charge is 0.348 e. The summed E-state index contributed by atoms with van der Waals surface area (Å²) in [6, 6.07) is 14.2. The van der Waals surface area contributed by atoms with Crippen LogP contribution >= 0.6 is 27.5 Å². The van der Waals surface area contributed by atoms with Gasteiger partial charge in [-0.2, -0.15) is 5.26 Å². The summed E-state index contributed by atoms with van der Waals surface area (Å²) in [5.74, 6) is -0.191. The summed E-state index contributed by atoms with van der Waals surface area (Å²) in [6.07, 6.45) is 0. The van der Waals surface area contributed by atoms with Crippen LogP contribution in [-0.2, 0) is 6.54 Å². The van der Waals surface area contributed by atoms with E-state index in [4.69, 9.17) is 16.9 Å². The highest BCUT2D eigenvalue weighted by Gasteiger charge is 2.07. The van der Waals surface area contributed by atoms with Gasteiger partial charge in [0.15, 0.2) is 0 Å². The molecule has 0 bridgehead atoms. The van der Waals surface area contributed by atoms with Gasteiger partial charge in [-0.3, -0.25) is 4.79 Å². The van der Waals surface area contributed by atoms with Gasteiger partial charge in [0.1, 0.15) is 0 Å². The van der Waals surface area contributed by atoms with Crippen molar-refractivity contribution in [1.29, 1.82) is 5.26 Å². The molecule has 0 saturated carbocycles. The second kappa shape index (κ2) is 6.56. The Labute approximate surface area is 130 Å². The van der Waals surface area contributed by atoms with Crippen molar-refractivity contribution < 1.29 is 4.79 Å². The highest BCUT2D eigenvalue weighted by molar-refractivity contribution is 9.10. The van der Waals surface area contributed by atoms with E-state index in [2.05, 4.69) is 21.2 Å². The number of hydrogen-bond acceptors (Lipinski definition) is 2. The smallest absolute Gasteiger partial charge is 0.251 e. The van der Waals surface area contributed by atoms with E-state index in [0.717, 1.165) is 10.0 Å². The monoisotopic (exact) mass is 348 g/mol. The molecule has 0 fully saturated rings. The lowest BCUT2D eigenvalue weighted by atomic mass is 10.1. The van der Waals surface area contributed by atoms with Gasteiger partial charge < -0.3 is 5.32 Å². The van der Waals surface area contributed by atoms with Gasteiger partial charge in [0.2, 0.25) is 0 Å². The van der Waals surface area contributed by atoms with E-state index in [9.17, 15) is 4.79 Å². The zero-order chi connectivity index (χ0) is 14.5. The topological polar surface area (TPSA) is 52.9 Å². The van der Waals surface area contributed by atoms with Crippen molar-refractivity contribution in [2.45, 2.75) is 6.54 Å². The Morgan fingerprint density at radius 3 is 2.55 bits per heavy atom. The van der Waals surface area contributed by atoms with Crippen molar-refractivity contribution in [1.82, 2.24) is 5.32 Å². The van der Waals surface area contributed by atoms with Crippen LogP contribution in [0.5, 0.6) is 0 Å². The van der Waals surface area contributed by atoms with Crippen molar-refractivity contribution in [3.05, 3.63) is 68.7 Å². The van der Waals surface area contributed by atoms with Gasteiger partial charge in [-0.1, -0.05) is 23.7 Å². The molecule has 2 rings (SSSR count). The number of halogens is 2. The quantitative estimate of drug-likeness (QED) is 0.913. The fourth-order valence-electron chi connectivity index (χ4n) is 1.62. The molecule has 5 heteroatoms. The predicted molar refractivity (Wildman–Crippen MR) is 81.5 cm³/mol. The Bertz CT molecular complexity index is 677. The van der Waals surface area contributed by atoms with E-state index in [1.54, 1.807) is 30.3 Å². The Balaban J connectivity index is 2.01. The molecule has 0 unspecified atom stereocenters. The second-order valence-electron chi connectivity index (χ2n) is 4.12. The first kappa shape index (κ1) is 14.6. The predicted octanol–water partition coefficient (Wildman–Crippen LogP) is 3.90. The summed E-state index contributed by atoms with van der Waals surface area (Å²) in [5.41, 5.74) is 2.03. The van der Waals surface area contributed by atoms with Crippen molar-refractivity contribution in [3.8, 4) is 6.07 Å². The fraction of sp³-hybridized carbons (Fsp3) is 0.0667. The molecule has 0 spiro atoms. The molecule has 0 atom stereocenters. The number of rotatable bonds is 3. The molecule has 2 aromatic rings. The van der Waals surface area contributed by atoms with Crippen molar-refractivity contribution in [2.24, 2.45) is 0 Å². The zero-order valence-corrected chi connectivity index (χ0v) is 12.7. The number of nitrogens with zero attached hydrogens (tertiary/aromatic N) is 1. The van der Waals surface area contributed by atoms with Crippen molar-refractivity contribution >= 4 is 33.4 Å². The third-order valence-corrected chi connectivity index (χ3v) is 3.95. The first-order valence-electron chi connectivity index (χ1n) is 5.82. The standard InChI is InChI=1S/C15H10BrClN2O/c16-13-6-5-12(7-14(13)17)15(20)19-9-11-3-1-10(8-18)2-4-11/h1-7H,9H2,(H,19,20). The van der Waals surface area contributed by atoms with Crippen LogP contribution in [0.2, 0.25) is 5.02 Å². The van der Waals surface area contributed by atoms with E-state index in [0.29, 0.717) is 22.7 Å². The number of nitrogens with one attached hydrogen (secondary N) is 1. The molecular weight excluding hydrogens is 340 g/mol. The molecular formula is C15H10BrClN2O. The van der Waals surface area contributed by atoms with Gasteiger partial charge in [-0.25, -0.2) is 0 Å². The summed E-state index contributed by atoms with van der Waals surface area (Å²) < 4.78 is 0.753. The van der Waals surface area contributed by atoms with Gasteiger partial charge in [0.05, 0.1) is 16.7 Å². The Morgan fingerprint density at radius 1 is 1.25 bits per heavy atom. The molecule has 20 heavy (non-hydrogen) atoms. The van der Waals surface area contributed by atoms with Crippen molar-refractivity contribution in [2.75, 3.05) is 0 Å². The normalized spacial score (nSPS) is 9.85. The summed E-state index contributed by atoms with van der Waals surface area (Å²) >= 11 is 9.23. The van der Waals surface area contributed by atoms with Crippen LogP contribution in [0.4, 0.5) is 0 Å². The molecule has 0 heterocycles. The maximum absolute atomic E-state index is 12.0. The minimum Gasteiger partial charge on any atom is -0.348 e. The molecule has 0 aliphatic rings. The lowest BCUT2D eigenvalue weighted by Gasteiger charge is -2.06. The van der Waals surface area contributed by atoms with Crippen LogP contribution in [0.15, 0.2) is 46.9 Å². The van der Waals surface area contributed by atoms with Crippen LogP contribution in [-0.4, -0.2) is 5.91 Å². The number of nitriles is 1. The van der Waals surface area contributed by atoms with E-state index < -0.39 is 0 Å². The molecule has 0 aliphatic carbocycles. The van der Waals surface area contributed by atoms with Gasteiger partial charge in [-0.05, 0) is 51.8 Å². The average Bonchev–Trinajstić information content (AvgIpc) is 2.48. The number of carbonyl (C=O) groups excluding carboxylic acids is 1. The number of hydrogen-bond donors (Lipinski definition) is 1. The molecule has 1 N–H and O–H groups in total. The Hall–Kier alpha value is -1.83. The molecule has 2 aromatic carbocycles. The lowest BCUT2D eigenvalue weighted by Crippen LogP contribution is -2.22. The fourth-order valence-corrected chi connectivity index (χ4v) is 2.05. The Kier molecular flexibility index (Phi) is 4.78. The van der Waals surface area contributed by atoms with Gasteiger partial charge >= 0.3 is 0 Å². The number of benzene rings is 2. The third-order valence-electron chi connectivity index (χ3n) is 2.72. The molecule has 0 aromatic heterocycles. The molecule has 0 saturated heterocycles. The minimum atomic E-state index is -0.191. The van der Waals surface area contributed by atoms with E-state index in [1.165, 1.54) is 0 Å². The highest BCUT2D eigenvalue weighted by atomic mass is 79.9. The summed E-state index contributed by atoms with van der Waals surface area (Å²) in [6.45, 7) is 0.401. The summed E-state index contributed by atoms with van der Waals surface area (Å²) in [7, 11) is 0. The van der Waals surface area contributed by atoms with E-state index in [1.807, 2.05) is 18.2 Å². The lowest BCUT2D eigenvalue weighted by molar-refractivity contribution is 0.0951. The maximum Gasteiger partial charge on any atom is 0.251 e. The van der Waals surface area contributed by atoms with Crippen LogP contribution in [0.25, 0.3) is 0 Å². The SMILES string of the molecule is N#Cc1ccc(CNC(=O)c2ccc(Br)c(Cl)c2)cc1. The maximum atomic E-state index is 12.0. The molecule has 1 amide bonds. The Morgan fingerprint density at radius 2 is 1.95 bits per heavy atom. The minimum absolute atomic E-state index is 0.191. The van der Waals surface area contributed by atoms with Gasteiger partial charge in [0.25, 0.3) is 5.91 Å². The van der Waals surface area contributed by atoms with Gasteiger partial charge in [0, 0.05) is 16.6 Å². The third kappa shape index (κ3) is 3.60. The van der Waals surface area contributed by atoms with E-state index in [-0.39, 0.29) is 5.91 Å². The molecule has 0 aliphatic heterocycles. The van der Waals surface area contributed by atoms with Crippen LogP contribution in [0, 0.1) is 11.3 Å². The highest BCUT2D eigenvalue weighted by Crippen LogP contribution is 2.23. The molecule has 0 radical (unpaired) electrons. The number of carbonyl (C=O) groups is 1.